The number of amides is 1. The molecule has 1 fully saturated rings. The molecule has 0 atom stereocenters. The predicted molar refractivity (Wildman–Crippen MR) is 84.0 cm³/mol. The first kappa shape index (κ1) is 15.5. The number of aromatic nitrogens is 2. The molecule has 0 bridgehead atoms. The Bertz CT molecular complexity index is 650. The van der Waals surface area contributed by atoms with E-state index in [2.05, 4.69) is 20.8 Å². The lowest BCUT2D eigenvalue weighted by atomic mass is 10.0. The van der Waals surface area contributed by atoms with Crippen LogP contribution in [0, 0.1) is 5.92 Å². The molecule has 0 saturated carbocycles. The van der Waals surface area contributed by atoms with Crippen LogP contribution in [0.1, 0.15) is 12.3 Å². The van der Waals surface area contributed by atoms with E-state index < -0.39 is 0 Å². The lowest BCUT2D eigenvalue weighted by molar-refractivity contribution is -0.121. The highest BCUT2D eigenvalue weighted by molar-refractivity contribution is 5.76. The van der Waals surface area contributed by atoms with Gasteiger partial charge in [0.1, 0.15) is 5.75 Å². The van der Waals surface area contributed by atoms with E-state index >= 15 is 0 Å². The number of ether oxygens (including phenoxy) is 1. The Morgan fingerprint density at radius 2 is 2.17 bits per heavy atom. The van der Waals surface area contributed by atoms with Gasteiger partial charge in [-0.15, -0.1) is 0 Å². The SMILES string of the molecule is COc1ccc(-c2noc(CCC(=O)NCC3CNC3)n2)cc1. The Balaban J connectivity index is 1.49. The highest BCUT2D eigenvalue weighted by Crippen LogP contribution is 2.19. The molecule has 2 heterocycles. The molecule has 0 spiro atoms. The molecule has 7 heteroatoms. The number of aryl methyl sites for hydroxylation is 1. The van der Waals surface area contributed by atoms with Crippen LogP contribution in [-0.2, 0) is 11.2 Å². The number of nitrogens with one attached hydrogen (secondary N) is 2. The van der Waals surface area contributed by atoms with Gasteiger partial charge in [-0.25, -0.2) is 0 Å². The van der Waals surface area contributed by atoms with E-state index in [9.17, 15) is 4.79 Å². The van der Waals surface area contributed by atoms with Crippen molar-refractivity contribution >= 4 is 5.91 Å². The number of rotatable bonds is 7. The molecule has 1 aromatic carbocycles. The van der Waals surface area contributed by atoms with Crippen molar-refractivity contribution in [1.29, 1.82) is 0 Å². The molecule has 1 saturated heterocycles. The molecule has 3 rings (SSSR count). The van der Waals surface area contributed by atoms with Crippen molar-refractivity contribution in [2.75, 3.05) is 26.7 Å². The van der Waals surface area contributed by atoms with Crippen molar-refractivity contribution in [2.45, 2.75) is 12.8 Å². The van der Waals surface area contributed by atoms with Crippen molar-refractivity contribution in [1.82, 2.24) is 20.8 Å². The summed E-state index contributed by atoms with van der Waals surface area (Å²) in [5, 5.41) is 10.0. The highest BCUT2D eigenvalue weighted by Gasteiger charge is 2.17. The minimum atomic E-state index is 0.0149. The van der Waals surface area contributed by atoms with Gasteiger partial charge in [-0.2, -0.15) is 4.98 Å². The van der Waals surface area contributed by atoms with Crippen LogP contribution in [0.25, 0.3) is 11.4 Å². The molecular formula is C16H20N4O3. The molecule has 1 aliphatic heterocycles. The largest absolute Gasteiger partial charge is 0.497 e. The van der Waals surface area contributed by atoms with E-state index in [1.807, 2.05) is 24.3 Å². The number of methoxy groups -OCH3 is 1. The zero-order chi connectivity index (χ0) is 16.1. The molecule has 23 heavy (non-hydrogen) atoms. The Morgan fingerprint density at radius 3 is 2.83 bits per heavy atom. The summed E-state index contributed by atoms with van der Waals surface area (Å²) >= 11 is 0. The van der Waals surface area contributed by atoms with Crippen LogP contribution in [0.3, 0.4) is 0 Å². The molecule has 0 radical (unpaired) electrons. The smallest absolute Gasteiger partial charge is 0.227 e. The molecule has 2 aromatic rings. The zero-order valence-corrected chi connectivity index (χ0v) is 13.0. The molecule has 0 unspecified atom stereocenters. The summed E-state index contributed by atoms with van der Waals surface area (Å²) in [4.78, 5) is 16.1. The maximum Gasteiger partial charge on any atom is 0.227 e. The van der Waals surface area contributed by atoms with Gasteiger partial charge in [0.2, 0.25) is 17.6 Å². The van der Waals surface area contributed by atoms with Gasteiger partial charge < -0.3 is 19.9 Å². The topological polar surface area (TPSA) is 89.3 Å². The lowest BCUT2D eigenvalue weighted by Crippen LogP contribution is -2.48. The molecular weight excluding hydrogens is 296 g/mol. The predicted octanol–water partition coefficient (Wildman–Crippen LogP) is 1.01. The monoisotopic (exact) mass is 316 g/mol. The van der Waals surface area contributed by atoms with E-state index in [4.69, 9.17) is 9.26 Å². The first-order valence-electron chi connectivity index (χ1n) is 7.69. The van der Waals surface area contributed by atoms with Crippen LogP contribution in [-0.4, -0.2) is 42.8 Å². The van der Waals surface area contributed by atoms with E-state index in [1.54, 1.807) is 7.11 Å². The molecule has 122 valence electrons. The second-order valence-corrected chi connectivity index (χ2v) is 5.57. The maximum atomic E-state index is 11.8. The third kappa shape index (κ3) is 4.07. The molecule has 1 amide bonds. The fraction of sp³-hybridized carbons (Fsp3) is 0.438. The van der Waals surface area contributed by atoms with Gasteiger partial charge in [0.25, 0.3) is 0 Å². The molecule has 1 aromatic heterocycles. The minimum absolute atomic E-state index is 0.0149. The van der Waals surface area contributed by atoms with Crippen LogP contribution in [0.5, 0.6) is 5.75 Å². The Morgan fingerprint density at radius 1 is 1.39 bits per heavy atom. The van der Waals surface area contributed by atoms with Crippen LogP contribution in [0.15, 0.2) is 28.8 Å². The van der Waals surface area contributed by atoms with E-state index in [-0.39, 0.29) is 5.91 Å². The Hall–Kier alpha value is -2.41. The van der Waals surface area contributed by atoms with Gasteiger partial charge in [-0.05, 0) is 24.3 Å². The average Bonchev–Trinajstić information content (AvgIpc) is 3.00. The number of hydrogen-bond acceptors (Lipinski definition) is 6. The number of hydrogen-bond donors (Lipinski definition) is 2. The van der Waals surface area contributed by atoms with Crippen LogP contribution in [0.2, 0.25) is 0 Å². The molecule has 2 N–H and O–H groups in total. The first-order chi connectivity index (χ1) is 11.2. The first-order valence-corrected chi connectivity index (χ1v) is 7.69. The number of nitrogens with zero attached hydrogens (tertiary/aromatic N) is 2. The van der Waals surface area contributed by atoms with Gasteiger partial charge in [0.15, 0.2) is 0 Å². The lowest BCUT2D eigenvalue weighted by Gasteiger charge is -2.27. The summed E-state index contributed by atoms with van der Waals surface area (Å²) in [7, 11) is 1.62. The number of carbonyl (C=O) groups excluding carboxylic acids is 1. The number of benzene rings is 1. The Kier molecular flexibility index (Phi) is 4.87. The second-order valence-electron chi connectivity index (χ2n) is 5.57. The van der Waals surface area contributed by atoms with E-state index in [0.717, 1.165) is 30.9 Å². The van der Waals surface area contributed by atoms with E-state index in [0.29, 0.717) is 30.5 Å². The number of carbonyl (C=O) groups is 1. The van der Waals surface area contributed by atoms with Gasteiger partial charge in [0.05, 0.1) is 7.11 Å². The molecule has 7 nitrogen and oxygen atoms in total. The van der Waals surface area contributed by atoms with E-state index in [1.165, 1.54) is 0 Å². The third-order valence-electron chi connectivity index (χ3n) is 3.84. The van der Waals surface area contributed by atoms with Crippen LogP contribution in [0.4, 0.5) is 0 Å². The summed E-state index contributed by atoms with van der Waals surface area (Å²) < 4.78 is 10.3. The molecule has 1 aliphatic rings. The molecule has 0 aliphatic carbocycles. The standard InChI is InChI=1S/C16H20N4O3/c1-22-13-4-2-12(3-5-13)16-19-15(23-20-16)7-6-14(21)18-10-11-8-17-9-11/h2-5,11,17H,6-10H2,1H3,(H,18,21). The minimum Gasteiger partial charge on any atom is -0.497 e. The summed E-state index contributed by atoms with van der Waals surface area (Å²) in [6, 6.07) is 7.42. The van der Waals surface area contributed by atoms with Crippen molar-refractivity contribution in [2.24, 2.45) is 5.92 Å². The van der Waals surface area contributed by atoms with Gasteiger partial charge in [-0.1, -0.05) is 5.16 Å². The average molecular weight is 316 g/mol. The van der Waals surface area contributed by atoms with Crippen molar-refractivity contribution in [3.8, 4) is 17.1 Å². The van der Waals surface area contributed by atoms with Crippen LogP contribution < -0.4 is 15.4 Å². The normalized spacial score (nSPS) is 14.3. The second kappa shape index (κ2) is 7.23. The summed E-state index contributed by atoms with van der Waals surface area (Å²) in [6.45, 7) is 2.69. The summed E-state index contributed by atoms with van der Waals surface area (Å²) in [6.07, 6.45) is 0.794. The quantitative estimate of drug-likeness (QED) is 0.792. The third-order valence-corrected chi connectivity index (χ3v) is 3.84. The fourth-order valence-corrected chi connectivity index (χ4v) is 2.27. The van der Waals surface area contributed by atoms with Crippen molar-refractivity contribution < 1.29 is 14.1 Å². The summed E-state index contributed by atoms with van der Waals surface area (Å²) in [5.41, 5.74) is 0.850. The van der Waals surface area contributed by atoms with Gasteiger partial charge in [-0.3, -0.25) is 4.79 Å². The van der Waals surface area contributed by atoms with Crippen molar-refractivity contribution in [3.63, 3.8) is 0 Å². The van der Waals surface area contributed by atoms with Gasteiger partial charge >= 0.3 is 0 Å². The fourth-order valence-electron chi connectivity index (χ4n) is 2.27. The zero-order valence-electron chi connectivity index (χ0n) is 13.0. The van der Waals surface area contributed by atoms with Gasteiger partial charge in [0, 0.05) is 44.0 Å². The van der Waals surface area contributed by atoms with Crippen LogP contribution >= 0.6 is 0 Å². The summed E-state index contributed by atoms with van der Waals surface area (Å²) in [5.74, 6) is 2.33. The Labute approximate surface area is 134 Å². The maximum absolute atomic E-state index is 11.8. The highest BCUT2D eigenvalue weighted by atomic mass is 16.5. The van der Waals surface area contributed by atoms with Crippen molar-refractivity contribution in [3.05, 3.63) is 30.2 Å².